The first kappa shape index (κ1) is 31.3. The summed E-state index contributed by atoms with van der Waals surface area (Å²) in [6.07, 6.45) is -1.14. The number of hydrogen-bond acceptors (Lipinski definition) is 6. The molecule has 0 radical (unpaired) electrons. The van der Waals surface area contributed by atoms with Gasteiger partial charge in [-0.1, -0.05) is 35.4 Å². The third kappa shape index (κ3) is 7.61. The van der Waals surface area contributed by atoms with Crippen molar-refractivity contribution in [1.82, 2.24) is 8.87 Å². The molecule has 0 fully saturated rings. The fourth-order valence-corrected chi connectivity index (χ4v) is 6.37. The number of halogens is 2. The van der Waals surface area contributed by atoms with Gasteiger partial charge in [0.1, 0.15) is 11.2 Å². The number of ether oxygens (including phenoxy) is 2. The average Bonchev–Trinajstić information content (AvgIpc) is 3.17. The van der Waals surface area contributed by atoms with E-state index in [0.29, 0.717) is 11.4 Å². The number of anilines is 2. The monoisotopic (exact) mass is 707 g/mol. The fourth-order valence-electron chi connectivity index (χ4n) is 4.46. The van der Waals surface area contributed by atoms with Crippen LogP contribution < -0.4 is 5.32 Å². The molecule has 0 saturated carbocycles. The minimum Gasteiger partial charge on any atom is -0.443 e. The molecule has 0 unspecified atom stereocenters. The maximum Gasteiger partial charge on any atom is 0.419 e. The molecule has 0 spiro atoms. The number of nitrogens with zero attached hydrogens (tertiary/aromatic N) is 2. The van der Waals surface area contributed by atoms with Crippen molar-refractivity contribution in [3.05, 3.63) is 70.7 Å². The van der Waals surface area contributed by atoms with Gasteiger partial charge in [-0.05, 0) is 91.3 Å². The van der Waals surface area contributed by atoms with E-state index in [2.05, 4.69) is 36.6 Å². The Kier molecular flexibility index (Phi) is 9.40. The van der Waals surface area contributed by atoms with Crippen LogP contribution in [0.1, 0.15) is 52.7 Å². The number of amides is 2. The van der Waals surface area contributed by atoms with Crippen LogP contribution in [0.3, 0.4) is 0 Å². The van der Waals surface area contributed by atoms with Crippen molar-refractivity contribution in [2.45, 2.75) is 66.1 Å². The van der Waals surface area contributed by atoms with E-state index in [-0.39, 0.29) is 6.54 Å². The summed E-state index contributed by atoms with van der Waals surface area (Å²) in [5, 5.41) is 6.26. The van der Waals surface area contributed by atoms with Crippen molar-refractivity contribution in [1.29, 1.82) is 0 Å². The molecule has 41 heavy (non-hydrogen) atoms. The summed E-state index contributed by atoms with van der Waals surface area (Å²) in [5.41, 5.74) is 4.35. The van der Waals surface area contributed by atoms with Crippen LogP contribution in [0.2, 0.25) is 5.02 Å². The number of nitrogens with one attached hydrogen (secondary N) is 1. The smallest absolute Gasteiger partial charge is 0.419 e. The van der Waals surface area contributed by atoms with Crippen molar-refractivity contribution < 1.29 is 19.1 Å². The third-order valence-corrected chi connectivity index (χ3v) is 8.10. The standard InChI is InChI=1S/C31H35ClIN3O4S/c1-19-8-11-21(12-9-19)34-25-14-13-22-24-18-20(32)10-15-26(24)36(41-33)27(22)23(25)16-17-35(28(37)39-30(2,3)4)29(38)40-31(5,6)7/h8-15,18,34H,16-17H2,1-7H3. The van der Waals surface area contributed by atoms with E-state index in [1.165, 1.54) is 0 Å². The van der Waals surface area contributed by atoms with Gasteiger partial charge in [-0.15, -0.1) is 0 Å². The lowest BCUT2D eigenvalue weighted by Crippen LogP contribution is -2.44. The highest BCUT2D eigenvalue weighted by Crippen LogP contribution is 2.40. The molecule has 0 saturated heterocycles. The molecule has 4 aromatic rings. The zero-order valence-corrected chi connectivity index (χ0v) is 28.0. The highest BCUT2D eigenvalue weighted by Gasteiger charge is 2.31. The quantitative estimate of drug-likeness (QED) is 0.201. The first-order chi connectivity index (χ1) is 19.2. The summed E-state index contributed by atoms with van der Waals surface area (Å²) in [7, 11) is 1.55. The van der Waals surface area contributed by atoms with E-state index < -0.39 is 23.4 Å². The van der Waals surface area contributed by atoms with Gasteiger partial charge in [0.05, 0.1) is 11.0 Å². The van der Waals surface area contributed by atoms with Crippen molar-refractivity contribution in [3.63, 3.8) is 0 Å². The number of aryl methyl sites for hydroxylation is 1. The Morgan fingerprint density at radius 2 is 1.54 bits per heavy atom. The Bertz CT molecular complexity index is 1560. The van der Waals surface area contributed by atoms with Gasteiger partial charge in [0.25, 0.3) is 0 Å². The number of rotatable bonds is 6. The van der Waals surface area contributed by atoms with Gasteiger partial charge in [0.15, 0.2) is 0 Å². The number of fused-ring (bicyclic) bond motifs is 3. The van der Waals surface area contributed by atoms with Crippen LogP contribution in [-0.2, 0) is 15.9 Å². The lowest BCUT2D eigenvalue weighted by Gasteiger charge is -2.29. The second-order valence-corrected chi connectivity index (χ2v) is 14.0. The maximum atomic E-state index is 13.2. The van der Waals surface area contributed by atoms with Crippen LogP contribution in [0.5, 0.6) is 0 Å². The van der Waals surface area contributed by atoms with Crippen molar-refractivity contribution in [2.24, 2.45) is 0 Å². The molecule has 7 nitrogen and oxygen atoms in total. The molecule has 0 aliphatic rings. The summed E-state index contributed by atoms with van der Waals surface area (Å²) in [5.74, 6) is 0. The average molecular weight is 708 g/mol. The molecular formula is C31H35ClIN3O4S. The number of hydrogen-bond donors (Lipinski definition) is 1. The summed E-state index contributed by atoms with van der Waals surface area (Å²) >= 11 is 8.67. The Morgan fingerprint density at radius 1 is 0.927 bits per heavy atom. The van der Waals surface area contributed by atoms with Gasteiger partial charge in [-0.2, -0.15) is 0 Å². The molecule has 3 aromatic carbocycles. The molecule has 10 heteroatoms. The van der Waals surface area contributed by atoms with Gasteiger partial charge in [0.2, 0.25) is 0 Å². The summed E-state index contributed by atoms with van der Waals surface area (Å²) in [4.78, 5) is 27.5. The minimum absolute atomic E-state index is 0.0553. The van der Waals surface area contributed by atoms with E-state index in [0.717, 1.165) is 49.2 Å². The topological polar surface area (TPSA) is 72.8 Å². The Morgan fingerprint density at radius 3 is 2.10 bits per heavy atom. The van der Waals surface area contributed by atoms with E-state index in [1.807, 2.05) is 55.5 Å². The van der Waals surface area contributed by atoms with Gasteiger partial charge in [-0.25, -0.2) is 14.5 Å². The molecule has 2 amide bonds. The predicted molar refractivity (Wildman–Crippen MR) is 179 cm³/mol. The first-order valence-electron chi connectivity index (χ1n) is 13.3. The summed E-state index contributed by atoms with van der Waals surface area (Å²) in [6.45, 7) is 12.7. The van der Waals surface area contributed by atoms with Crippen LogP contribution in [0.25, 0.3) is 21.8 Å². The highest BCUT2D eigenvalue weighted by molar-refractivity contribution is 14.2. The number of aromatic nitrogens is 1. The van der Waals surface area contributed by atoms with E-state index in [9.17, 15) is 9.59 Å². The molecule has 1 aromatic heterocycles. The van der Waals surface area contributed by atoms with Gasteiger partial charge >= 0.3 is 12.2 Å². The third-order valence-electron chi connectivity index (χ3n) is 6.17. The number of benzene rings is 3. The molecule has 0 atom stereocenters. The first-order valence-corrected chi connectivity index (χ1v) is 17.0. The van der Waals surface area contributed by atoms with Crippen LogP contribution in [0.4, 0.5) is 21.0 Å². The van der Waals surface area contributed by atoms with Crippen molar-refractivity contribution in [2.75, 3.05) is 11.9 Å². The second-order valence-electron chi connectivity index (χ2n) is 11.9. The maximum absolute atomic E-state index is 13.2. The van der Waals surface area contributed by atoms with Gasteiger partial charge in [-0.3, -0.25) is 3.97 Å². The molecular weight excluding hydrogens is 673 g/mol. The highest BCUT2D eigenvalue weighted by atomic mass is 127. The fraction of sp³-hybridized carbons (Fsp3) is 0.355. The Hall–Kier alpha value is -2.63. The summed E-state index contributed by atoms with van der Waals surface area (Å²) < 4.78 is 13.4. The minimum atomic E-state index is -0.779. The molecule has 0 aliphatic heterocycles. The van der Waals surface area contributed by atoms with Crippen LogP contribution in [0.15, 0.2) is 54.6 Å². The van der Waals surface area contributed by atoms with E-state index in [1.54, 1.807) is 50.7 Å². The molecule has 4 rings (SSSR count). The van der Waals surface area contributed by atoms with Crippen molar-refractivity contribution in [3.8, 4) is 0 Å². The molecule has 0 aliphatic carbocycles. The van der Waals surface area contributed by atoms with Crippen molar-refractivity contribution >= 4 is 87.3 Å². The van der Waals surface area contributed by atoms with E-state index in [4.69, 9.17) is 21.1 Å². The zero-order valence-electron chi connectivity index (χ0n) is 24.3. The van der Waals surface area contributed by atoms with Crippen LogP contribution in [0, 0.1) is 6.92 Å². The number of imide groups is 1. The van der Waals surface area contributed by atoms with Gasteiger partial charge < -0.3 is 14.8 Å². The van der Waals surface area contributed by atoms with E-state index >= 15 is 0 Å². The van der Waals surface area contributed by atoms with Gasteiger partial charge in [0, 0.05) is 69.6 Å². The SMILES string of the molecule is Cc1ccc(Nc2ccc3c4cc(Cl)ccc4n(SI)c3c2CCN(C(=O)OC(C)(C)C)C(=O)OC(C)(C)C)cc1. The predicted octanol–water partition coefficient (Wildman–Crippen LogP) is 10.1. The number of carbonyl (C=O) groups is 2. The van der Waals surface area contributed by atoms with Crippen LogP contribution >= 0.6 is 41.9 Å². The summed E-state index contributed by atoms with van der Waals surface area (Å²) in [6, 6.07) is 18.1. The number of carbonyl (C=O) groups excluding carboxylic acids is 2. The zero-order chi connectivity index (χ0) is 30.1. The molecule has 0 bridgehead atoms. The molecule has 1 heterocycles. The van der Waals surface area contributed by atoms with Crippen LogP contribution in [-0.4, -0.2) is 38.8 Å². The normalized spacial score (nSPS) is 12.0. The lowest BCUT2D eigenvalue weighted by molar-refractivity contribution is 0.00172. The largest absolute Gasteiger partial charge is 0.443 e. The molecule has 218 valence electrons. The lowest BCUT2D eigenvalue weighted by atomic mass is 10.0. The second kappa shape index (κ2) is 12.3. The molecule has 1 N–H and O–H groups in total. The Balaban J connectivity index is 1.84. The Labute approximate surface area is 262 Å².